The van der Waals surface area contributed by atoms with E-state index in [1.165, 1.54) is 18.4 Å². The third-order valence-corrected chi connectivity index (χ3v) is 4.27. The molecule has 0 radical (unpaired) electrons. The average molecular weight is 264 g/mol. The monoisotopic (exact) mass is 264 g/mol. The molecule has 108 valence electrons. The molecule has 2 heterocycles. The molecule has 4 nitrogen and oxygen atoms in total. The van der Waals surface area contributed by atoms with Crippen LogP contribution in [0.25, 0.3) is 0 Å². The van der Waals surface area contributed by atoms with Gasteiger partial charge in [0.1, 0.15) is 0 Å². The Morgan fingerprint density at radius 1 is 1.37 bits per heavy atom. The van der Waals surface area contributed by atoms with E-state index in [-0.39, 0.29) is 0 Å². The van der Waals surface area contributed by atoms with Crippen LogP contribution in [0.4, 0.5) is 0 Å². The van der Waals surface area contributed by atoms with Gasteiger partial charge in [0.2, 0.25) is 0 Å². The first-order valence-corrected chi connectivity index (χ1v) is 7.54. The molecule has 0 amide bonds. The number of rotatable bonds is 5. The van der Waals surface area contributed by atoms with E-state index in [0.717, 1.165) is 6.54 Å². The number of aromatic nitrogens is 2. The minimum atomic E-state index is 0.322. The summed E-state index contributed by atoms with van der Waals surface area (Å²) in [7, 11) is 0. The van der Waals surface area contributed by atoms with Crippen molar-refractivity contribution in [1.29, 1.82) is 0 Å². The molecule has 0 saturated carbocycles. The highest BCUT2D eigenvalue weighted by Gasteiger charge is 2.33. The summed E-state index contributed by atoms with van der Waals surface area (Å²) in [5.41, 5.74) is 7.32. The Hall–Kier alpha value is -0.870. The van der Waals surface area contributed by atoms with Crippen molar-refractivity contribution in [3.63, 3.8) is 0 Å². The van der Waals surface area contributed by atoms with Gasteiger partial charge in [-0.2, -0.15) is 5.10 Å². The molecule has 1 fully saturated rings. The SMILES string of the molecule is CC(C)C1CCCN1C(CN)c1cnn(C(C)C)c1. The minimum Gasteiger partial charge on any atom is -0.329 e. The lowest BCUT2D eigenvalue weighted by Crippen LogP contribution is -2.39. The second kappa shape index (κ2) is 6.06. The zero-order chi connectivity index (χ0) is 14.0. The Balaban J connectivity index is 2.18. The lowest BCUT2D eigenvalue weighted by atomic mass is 9.99. The van der Waals surface area contributed by atoms with Crippen LogP contribution in [0.3, 0.4) is 0 Å². The highest BCUT2D eigenvalue weighted by atomic mass is 15.3. The van der Waals surface area contributed by atoms with Crippen LogP contribution in [0.1, 0.15) is 58.2 Å². The molecule has 1 saturated heterocycles. The van der Waals surface area contributed by atoms with Gasteiger partial charge in [-0.3, -0.25) is 9.58 Å². The van der Waals surface area contributed by atoms with E-state index in [4.69, 9.17) is 5.73 Å². The van der Waals surface area contributed by atoms with Gasteiger partial charge in [0.05, 0.1) is 12.2 Å². The standard InChI is InChI=1S/C15H28N4/c1-11(2)14-6-5-7-18(14)15(8-16)13-9-17-19(10-13)12(3)4/h9-12,14-15H,5-8,16H2,1-4H3. The maximum Gasteiger partial charge on any atom is 0.0538 e. The van der Waals surface area contributed by atoms with E-state index >= 15 is 0 Å². The summed E-state index contributed by atoms with van der Waals surface area (Å²) in [6.45, 7) is 10.8. The van der Waals surface area contributed by atoms with Crippen molar-refractivity contribution in [2.24, 2.45) is 11.7 Å². The van der Waals surface area contributed by atoms with Crippen molar-refractivity contribution >= 4 is 0 Å². The molecule has 0 aliphatic carbocycles. The smallest absolute Gasteiger partial charge is 0.0538 e. The van der Waals surface area contributed by atoms with E-state index in [9.17, 15) is 0 Å². The zero-order valence-electron chi connectivity index (χ0n) is 12.7. The van der Waals surface area contributed by atoms with Crippen LogP contribution < -0.4 is 5.73 Å². The van der Waals surface area contributed by atoms with Crippen molar-refractivity contribution in [2.45, 2.75) is 58.7 Å². The quantitative estimate of drug-likeness (QED) is 0.889. The molecule has 1 aromatic heterocycles. The van der Waals surface area contributed by atoms with Crippen LogP contribution in [0.15, 0.2) is 12.4 Å². The van der Waals surface area contributed by atoms with Crippen molar-refractivity contribution in [3.8, 4) is 0 Å². The van der Waals surface area contributed by atoms with Gasteiger partial charge in [0.25, 0.3) is 0 Å². The largest absolute Gasteiger partial charge is 0.329 e. The molecule has 2 unspecified atom stereocenters. The second-order valence-corrected chi connectivity index (χ2v) is 6.29. The highest BCUT2D eigenvalue weighted by Crippen LogP contribution is 2.32. The van der Waals surface area contributed by atoms with Gasteiger partial charge in [-0.1, -0.05) is 13.8 Å². The molecule has 2 N–H and O–H groups in total. The first-order valence-electron chi connectivity index (χ1n) is 7.54. The molecule has 1 aliphatic heterocycles. The first kappa shape index (κ1) is 14.5. The summed E-state index contributed by atoms with van der Waals surface area (Å²) < 4.78 is 2.03. The summed E-state index contributed by atoms with van der Waals surface area (Å²) in [6, 6.07) is 1.39. The number of likely N-dealkylation sites (tertiary alicyclic amines) is 1. The number of hydrogen-bond donors (Lipinski definition) is 1. The molecule has 19 heavy (non-hydrogen) atoms. The van der Waals surface area contributed by atoms with E-state index in [1.807, 2.05) is 10.9 Å². The maximum absolute atomic E-state index is 6.05. The lowest BCUT2D eigenvalue weighted by Gasteiger charge is -2.34. The van der Waals surface area contributed by atoms with Crippen molar-refractivity contribution in [1.82, 2.24) is 14.7 Å². The van der Waals surface area contributed by atoms with Crippen molar-refractivity contribution in [2.75, 3.05) is 13.1 Å². The van der Waals surface area contributed by atoms with Crippen LogP contribution in [0.2, 0.25) is 0 Å². The third kappa shape index (κ3) is 3.00. The van der Waals surface area contributed by atoms with Crippen LogP contribution >= 0.6 is 0 Å². The average Bonchev–Trinajstić information content (AvgIpc) is 2.98. The molecule has 0 bridgehead atoms. The summed E-state index contributed by atoms with van der Waals surface area (Å²) in [6.07, 6.45) is 6.75. The highest BCUT2D eigenvalue weighted by molar-refractivity contribution is 5.13. The Kier molecular flexibility index (Phi) is 4.63. The molecular formula is C15H28N4. The van der Waals surface area contributed by atoms with Crippen molar-refractivity contribution < 1.29 is 0 Å². The molecular weight excluding hydrogens is 236 g/mol. The summed E-state index contributed by atoms with van der Waals surface area (Å²) in [5, 5.41) is 4.46. The van der Waals surface area contributed by atoms with Crippen LogP contribution in [0, 0.1) is 5.92 Å². The Labute approximate surface area is 117 Å². The normalized spacial score (nSPS) is 22.6. The molecule has 2 atom stereocenters. The van der Waals surface area contributed by atoms with Gasteiger partial charge in [-0.25, -0.2) is 0 Å². The summed E-state index contributed by atoms with van der Waals surface area (Å²) in [4.78, 5) is 2.59. The second-order valence-electron chi connectivity index (χ2n) is 6.29. The van der Waals surface area contributed by atoms with E-state index in [1.54, 1.807) is 0 Å². The van der Waals surface area contributed by atoms with Crippen molar-refractivity contribution in [3.05, 3.63) is 18.0 Å². The number of nitrogens with two attached hydrogens (primary N) is 1. The van der Waals surface area contributed by atoms with E-state index in [0.29, 0.717) is 30.6 Å². The van der Waals surface area contributed by atoms with Gasteiger partial charge >= 0.3 is 0 Å². The molecule has 0 aromatic carbocycles. The Bertz CT molecular complexity index is 397. The van der Waals surface area contributed by atoms with Gasteiger partial charge in [0, 0.05) is 30.4 Å². The lowest BCUT2D eigenvalue weighted by molar-refractivity contribution is 0.149. The van der Waals surface area contributed by atoms with Gasteiger partial charge in [0.15, 0.2) is 0 Å². The van der Waals surface area contributed by atoms with E-state index in [2.05, 4.69) is 43.9 Å². The topological polar surface area (TPSA) is 47.1 Å². The third-order valence-electron chi connectivity index (χ3n) is 4.27. The molecule has 2 rings (SSSR count). The first-order chi connectivity index (χ1) is 9.04. The number of hydrogen-bond acceptors (Lipinski definition) is 3. The fourth-order valence-corrected chi connectivity index (χ4v) is 3.19. The Morgan fingerprint density at radius 3 is 2.63 bits per heavy atom. The van der Waals surface area contributed by atoms with Crippen LogP contribution in [-0.2, 0) is 0 Å². The van der Waals surface area contributed by atoms with Gasteiger partial charge in [-0.15, -0.1) is 0 Å². The summed E-state index contributed by atoms with van der Waals surface area (Å²) >= 11 is 0. The molecule has 4 heteroatoms. The Morgan fingerprint density at radius 2 is 2.11 bits per heavy atom. The fraction of sp³-hybridized carbons (Fsp3) is 0.800. The zero-order valence-corrected chi connectivity index (χ0v) is 12.7. The fourth-order valence-electron chi connectivity index (χ4n) is 3.19. The predicted octanol–water partition coefficient (Wildman–Crippen LogP) is 2.58. The minimum absolute atomic E-state index is 0.322. The predicted molar refractivity (Wildman–Crippen MR) is 79.0 cm³/mol. The van der Waals surface area contributed by atoms with Gasteiger partial charge in [-0.05, 0) is 39.2 Å². The van der Waals surface area contributed by atoms with Crippen LogP contribution in [-0.4, -0.2) is 33.8 Å². The van der Waals surface area contributed by atoms with Crippen LogP contribution in [0.5, 0.6) is 0 Å². The summed E-state index contributed by atoms with van der Waals surface area (Å²) in [5.74, 6) is 0.691. The molecule has 0 spiro atoms. The maximum atomic E-state index is 6.05. The van der Waals surface area contributed by atoms with E-state index < -0.39 is 0 Å². The van der Waals surface area contributed by atoms with Gasteiger partial charge < -0.3 is 5.73 Å². The molecule has 1 aromatic rings. The number of nitrogens with zero attached hydrogens (tertiary/aromatic N) is 3. The molecule has 1 aliphatic rings.